The van der Waals surface area contributed by atoms with Crippen molar-refractivity contribution in [3.8, 4) is 6.07 Å². The lowest BCUT2D eigenvalue weighted by atomic mass is 10.0. The fraction of sp³-hybridized carbons (Fsp3) is 0.571. The molecule has 32 heavy (non-hydrogen) atoms. The van der Waals surface area contributed by atoms with Crippen molar-refractivity contribution in [2.75, 3.05) is 13.7 Å². The standard InChI is InChI=1S/C14H23N4O11P3/c1-10(2)17-13-12(11(3)19)16-9-18(13)6-5-14(7-15,26-4)8-27-31(22,23)29-32(24,25)28-30(20)21/h9,30H,5-6,8H2,1-4H3,(H,20,21)(H,22,23)(H,24,25)/t14-/m1/s1. The molecule has 0 radical (unpaired) electrons. The van der Waals surface area contributed by atoms with Crippen LogP contribution in [0.15, 0.2) is 11.3 Å². The summed E-state index contributed by atoms with van der Waals surface area (Å²) in [6.07, 6.45) is 1.17. The Balaban J connectivity index is 3.01. The molecular weight excluding hydrogens is 493 g/mol. The number of aromatic nitrogens is 2. The first kappa shape index (κ1) is 28.5. The van der Waals surface area contributed by atoms with Crippen molar-refractivity contribution >= 4 is 41.2 Å². The number of phosphoric ester groups is 1. The van der Waals surface area contributed by atoms with Crippen LogP contribution in [0.4, 0.5) is 5.82 Å². The molecule has 1 aromatic heterocycles. The molecule has 4 atom stereocenters. The average molecular weight is 516 g/mol. The molecule has 3 N–H and O–H groups in total. The van der Waals surface area contributed by atoms with Crippen LogP contribution in [0.5, 0.6) is 0 Å². The highest BCUT2D eigenvalue weighted by Gasteiger charge is 2.40. The van der Waals surface area contributed by atoms with Crippen LogP contribution in [0.1, 0.15) is 37.7 Å². The monoisotopic (exact) mass is 516 g/mol. The van der Waals surface area contributed by atoms with E-state index in [0.717, 1.165) is 7.11 Å². The number of imidazole rings is 1. The minimum absolute atomic E-state index is 0.0157. The van der Waals surface area contributed by atoms with E-state index >= 15 is 0 Å². The van der Waals surface area contributed by atoms with E-state index in [0.29, 0.717) is 5.71 Å². The van der Waals surface area contributed by atoms with E-state index in [-0.39, 0.29) is 30.3 Å². The van der Waals surface area contributed by atoms with Gasteiger partial charge in [0.25, 0.3) is 0 Å². The van der Waals surface area contributed by atoms with Gasteiger partial charge in [0.05, 0.1) is 6.33 Å². The largest absolute Gasteiger partial charge is 0.488 e. The summed E-state index contributed by atoms with van der Waals surface area (Å²) in [6.45, 7) is 3.85. The zero-order chi connectivity index (χ0) is 24.7. The Morgan fingerprint density at radius 1 is 1.34 bits per heavy atom. The quantitative estimate of drug-likeness (QED) is 0.194. The molecule has 15 nitrogen and oxygen atoms in total. The SMILES string of the molecule is CO[C@@](C#N)(CCn1cnc(C(C)=O)c1N=C(C)C)COP(=O)(O)OP(=O)(O)O[PH](=O)O. The summed E-state index contributed by atoms with van der Waals surface area (Å²) < 4.78 is 52.5. The molecule has 0 aromatic carbocycles. The molecule has 0 aliphatic carbocycles. The number of nitriles is 1. The highest BCUT2D eigenvalue weighted by atomic mass is 31.3. The van der Waals surface area contributed by atoms with E-state index in [1.165, 1.54) is 17.8 Å². The molecule has 0 saturated heterocycles. The van der Waals surface area contributed by atoms with Crippen LogP contribution < -0.4 is 0 Å². The Bertz CT molecular complexity index is 1030. The number of aliphatic imine (C=N–C) groups is 1. The fourth-order valence-corrected chi connectivity index (χ4v) is 5.07. The molecule has 0 amide bonds. The molecule has 0 bridgehead atoms. The topological polar surface area (TPSA) is 220 Å². The predicted octanol–water partition coefficient (Wildman–Crippen LogP) is 2.13. The summed E-state index contributed by atoms with van der Waals surface area (Å²) in [4.78, 5) is 47.3. The van der Waals surface area contributed by atoms with Gasteiger partial charge < -0.3 is 24.0 Å². The van der Waals surface area contributed by atoms with Gasteiger partial charge in [-0.2, -0.15) is 9.57 Å². The van der Waals surface area contributed by atoms with E-state index in [1.807, 2.05) is 0 Å². The highest BCUT2D eigenvalue weighted by Crippen LogP contribution is 2.63. The fourth-order valence-electron chi connectivity index (χ4n) is 2.24. The van der Waals surface area contributed by atoms with Crippen molar-refractivity contribution in [2.45, 2.75) is 39.3 Å². The maximum absolute atomic E-state index is 11.9. The van der Waals surface area contributed by atoms with Crippen LogP contribution in [-0.2, 0) is 38.1 Å². The van der Waals surface area contributed by atoms with Gasteiger partial charge in [-0.25, -0.2) is 23.4 Å². The molecule has 0 fully saturated rings. The van der Waals surface area contributed by atoms with Crippen LogP contribution >= 0.6 is 23.9 Å². The van der Waals surface area contributed by atoms with E-state index in [9.17, 15) is 33.5 Å². The second-order valence-corrected chi connectivity index (χ2v) is 10.5. The van der Waals surface area contributed by atoms with Crippen LogP contribution in [0.3, 0.4) is 0 Å². The number of rotatable bonds is 13. The van der Waals surface area contributed by atoms with E-state index in [1.54, 1.807) is 19.9 Å². The number of aryl methyl sites for hydroxylation is 1. The van der Waals surface area contributed by atoms with Crippen molar-refractivity contribution in [2.24, 2.45) is 4.99 Å². The Morgan fingerprint density at radius 2 is 1.97 bits per heavy atom. The summed E-state index contributed by atoms with van der Waals surface area (Å²) in [5, 5.41) is 9.54. The molecule has 18 heteroatoms. The van der Waals surface area contributed by atoms with Gasteiger partial charge in [-0.05, 0) is 13.8 Å². The lowest BCUT2D eigenvalue weighted by Crippen LogP contribution is -2.36. The molecule has 180 valence electrons. The molecule has 1 aromatic rings. The van der Waals surface area contributed by atoms with Crippen molar-refractivity contribution in [3.63, 3.8) is 0 Å². The first-order valence-electron chi connectivity index (χ1n) is 8.64. The van der Waals surface area contributed by atoms with Gasteiger partial charge in [-0.3, -0.25) is 13.9 Å². The summed E-state index contributed by atoms with van der Waals surface area (Å²) in [6, 6.07) is 1.77. The smallest absolute Gasteiger partial charge is 0.361 e. The molecular formula is C14H23N4O11P3. The Labute approximate surface area is 183 Å². The molecule has 0 aliphatic rings. The Hall–Kier alpha value is -1.55. The number of methoxy groups -OCH3 is 1. The maximum Gasteiger partial charge on any atom is 0.488 e. The van der Waals surface area contributed by atoms with Crippen molar-refractivity contribution < 1.29 is 51.1 Å². The average Bonchev–Trinajstić information content (AvgIpc) is 3.02. The van der Waals surface area contributed by atoms with Crippen LogP contribution in [0, 0.1) is 11.3 Å². The predicted molar refractivity (Wildman–Crippen MR) is 110 cm³/mol. The number of carbonyl (C=O) groups is 1. The Morgan fingerprint density at radius 3 is 2.44 bits per heavy atom. The van der Waals surface area contributed by atoms with Gasteiger partial charge in [-0.15, -0.1) is 0 Å². The molecule has 1 rings (SSSR count). The van der Waals surface area contributed by atoms with E-state index < -0.39 is 36.1 Å². The number of carbonyl (C=O) groups excluding carboxylic acids is 1. The second-order valence-electron chi connectivity index (χ2n) is 6.43. The molecule has 3 unspecified atom stereocenters. The van der Waals surface area contributed by atoms with Gasteiger partial charge in [-0.1, -0.05) is 0 Å². The molecule has 0 spiro atoms. The number of phosphoric acid groups is 2. The maximum atomic E-state index is 11.9. The van der Waals surface area contributed by atoms with Gasteiger partial charge in [0.2, 0.25) is 0 Å². The van der Waals surface area contributed by atoms with Crippen molar-refractivity contribution in [3.05, 3.63) is 12.0 Å². The molecule has 0 aliphatic heterocycles. The molecule has 0 saturated carbocycles. The minimum Gasteiger partial charge on any atom is -0.361 e. The first-order chi connectivity index (χ1) is 14.7. The zero-order valence-corrected chi connectivity index (χ0v) is 20.3. The second kappa shape index (κ2) is 11.5. The normalized spacial score (nSPS) is 17.9. The van der Waals surface area contributed by atoms with Gasteiger partial charge in [0.1, 0.15) is 12.7 Å². The lowest BCUT2D eigenvalue weighted by Gasteiger charge is -2.26. The van der Waals surface area contributed by atoms with Crippen LogP contribution in [-0.4, -0.2) is 55.0 Å². The number of Topliss-reactive ketones (excluding diaryl/α,β-unsaturated/α-hetero) is 1. The number of ketones is 1. The lowest BCUT2D eigenvalue weighted by molar-refractivity contribution is -0.0162. The minimum atomic E-state index is -5.40. The van der Waals surface area contributed by atoms with E-state index in [2.05, 4.69) is 23.1 Å². The number of nitrogens with zero attached hydrogens (tertiary/aromatic N) is 4. The number of ether oxygens (including phenoxy) is 1. The van der Waals surface area contributed by atoms with Gasteiger partial charge >= 0.3 is 23.9 Å². The van der Waals surface area contributed by atoms with Crippen LogP contribution in [0.2, 0.25) is 0 Å². The third-order valence-corrected chi connectivity index (χ3v) is 7.34. The van der Waals surface area contributed by atoms with Crippen molar-refractivity contribution in [1.29, 1.82) is 5.26 Å². The summed E-state index contributed by atoms with van der Waals surface area (Å²) in [5.41, 5.74) is -1.09. The number of hydrogen-bond donors (Lipinski definition) is 3. The highest BCUT2D eigenvalue weighted by molar-refractivity contribution is 7.64. The summed E-state index contributed by atoms with van der Waals surface area (Å²) in [7, 11) is -13.6. The third kappa shape index (κ3) is 8.77. The van der Waals surface area contributed by atoms with Gasteiger partial charge in [0.15, 0.2) is 22.9 Å². The summed E-state index contributed by atoms with van der Waals surface area (Å²) in [5.74, 6) is -0.0834. The van der Waals surface area contributed by atoms with E-state index in [4.69, 9.17) is 9.63 Å². The number of hydrogen-bond acceptors (Lipinski definition) is 11. The first-order valence-corrected chi connectivity index (χ1v) is 12.9. The van der Waals surface area contributed by atoms with Crippen molar-refractivity contribution in [1.82, 2.24) is 9.55 Å². The van der Waals surface area contributed by atoms with Gasteiger partial charge in [0, 0.05) is 32.7 Å². The molecule has 1 heterocycles. The van der Waals surface area contributed by atoms with Crippen LogP contribution in [0.25, 0.3) is 0 Å². The Kier molecular flexibility index (Phi) is 10.3. The zero-order valence-electron chi connectivity index (χ0n) is 17.5. The summed E-state index contributed by atoms with van der Waals surface area (Å²) >= 11 is 0. The third-order valence-electron chi connectivity index (χ3n) is 3.68.